The Morgan fingerprint density at radius 2 is 1.80 bits per heavy atom. The molecule has 1 heterocycles. The fourth-order valence-electron chi connectivity index (χ4n) is 4.04. The summed E-state index contributed by atoms with van der Waals surface area (Å²) in [6, 6.07) is 3.88. The number of amides is 1. The fourth-order valence-corrected chi connectivity index (χ4v) is 4.04. The first-order valence-corrected chi connectivity index (χ1v) is 10.6. The summed E-state index contributed by atoms with van der Waals surface area (Å²) in [6.45, 7) is 7.73. The van der Waals surface area contributed by atoms with Gasteiger partial charge >= 0.3 is 12.1 Å². The number of piperazine rings is 1. The van der Waals surface area contributed by atoms with Crippen LogP contribution in [0.3, 0.4) is 0 Å². The van der Waals surface area contributed by atoms with Gasteiger partial charge in [-0.2, -0.15) is 0 Å². The number of rotatable bonds is 5. The summed E-state index contributed by atoms with van der Waals surface area (Å²) >= 11 is 0. The van der Waals surface area contributed by atoms with Gasteiger partial charge in [0.05, 0.1) is 5.56 Å². The normalized spacial score (nSPS) is 17.7. The summed E-state index contributed by atoms with van der Waals surface area (Å²) in [5, 5.41) is 20.9. The molecule has 2 fully saturated rings. The molecule has 0 bridgehead atoms. The Hall–Kier alpha value is -2.77. The molecule has 0 atom stereocenters. The molecular formula is C22H32N4O4. The van der Waals surface area contributed by atoms with Gasteiger partial charge in [0.15, 0.2) is 0 Å². The van der Waals surface area contributed by atoms with Gasteiger partial charge in [0.1, 0.15) is 5.60 Å². The van der Waals surface area contributed by atoms with E-state index in [-0.39, 0.29) is 11.7 Å². The summed E-state index contributed by atoms with van der Waals surface area (Å²) in [7, 11) is 0. The monoisotopic (exact) mass is 416 g/mol. The smallest absolute Gasteiger partial charge is 0.410 e. The van der Waals surface area contributed by atoms with Crippen LogP contribution in [0.1, 0.15) is 62.4 Å². The molecule has 1 amide bonds. The number of hydrogen-bond acceptors (Lipinski definition) is 6. The number of benzene rings is 1. The molecule has 3 rings (SSSR count). The Kier molecular flexibility index (Phi) is 6.53. The first-order valence-electron chi connectivity index (χ1n) is 10.6. The van der Waals surface area contributed by atoms with E-state index < -0.39 is 11.6 Å². The molecule has 1 aliphatic carbocycles. The van der Waals surface area contributed by atoms with E-state index in [4.69, 9.17) is 10.1 Å². The lowest BCUT2D eigenvalue weighted by Crippen LogP contribution is -2.50. The standard InChI is InChI=1S/C22H32N4O4/c1-22(2,3)30-21(29)26-10-8-25(9-11-26)16-12-17(20(27)28)18(14-23)19(13-16)24-15-6-4-5-7-15/h12-15,23-24H,4-11H2,1-3H3,(H,27,28). The Morgan fingerprint density at radius 1 is 1.17 bits per heavy atom. The summed E-state index contributed by atoms with van der Waals surface area (Å²) < 4.78 is 5.45. The van der Waals surface area contributed by atoms with Gasteiger partial charge in [-0.05, 0) is 45.7 Å². The number of anilines is 2. The molecule has 1 aliphatic heterocycles. The predicted molar refractivity (Wildman–Crippen MR) is 117 cm³/mol. The summed E-state index contributed by atoms with van der Waals surface area (Å²) in [4.78, 5) is 27.9. The van der Waals surface area contributed by atoms with E-state index in [1.54, 1.807) is 11.0 Å². The highest BCUT2D eigenvalue weighted by atomic mass is 16.6. The largest absolute Gasteiger partial charge is 0.478 e. The molecule has 1 aromatic carbocycles. The number of carboxylic acids is 1. The highest BCUT2D eigenvalue weighted by Crippen LogP contribution is 2.31. The number of carbonyl (C=O) groups excluding carboxylic acids is 1. The third kappa shape index (κ3) is 5.23. The van der Waals surface area contributed by atoms with Crippen LogP contribution in [0.2, 0.25) is 0 Å². The van der Waals surface area contributed by atoms with Crippen molar-refractivity contribution < 1.29 is 19.4 Å². The molecule has 3 N–H and O–H groups in total. The van der Waals surface area contributed by atoms with Crippen molar-refractivity contribution in [2.75, 3.05) is 36.4 Å². The topological polar surface area (TPSA) is 106 Å². The zero-order chi connectivity index (χ0) is 21.9. The molecular weight excluding hydrogens is 384 g/mol. The minimum absolute atomic E-state index is 0.123. The molecule has 2 aliphatic rings. The Bertz CT molecular complexity index is 804. The highest BCUT2D eigenvalue weighted by Gasteiger charge is 2.27. The van der Waals surface area contributed by atoms with Gasteiger partial charge in [0.2, 0.25) is 0 Å². The SMILES string of the molecule is CC(C)(C)OC(=O)N1CCN(c2cc(NC3CCCC3)c(C=N)c(C(=O)O)c2)CC1. The van der Waals surface area contributed by atoms with Crippen LogP contribution in [0.25, 0.3) is 0 Å². The van der Waals surface area contributed by atoms with Crippen LogP contribution in [0.4, 0.5) is 16.2 Å². The molecule has 0 aromatic heterocycles. The molecule has 30 heavy (non-hydrogen) atoms. The molecule has 1 saturated carbocycles. The highest BCUT2D eigenvalue weighted by molar-refractivity contribution is 6.03. The molecule has 1 aromatic rings. The average molecular weight is 417 g/mol. The van der Waals surface area contributed by atoms with Crippen LogP contribution < -0.4 is 10.2 Å². The van der Waals surface area contributed by atoms with Crippen LogP contribution in [0.5, 0.6) is 0 Å². The van der Waals surface area contributed by atoms with Crippen molar-refractivity contribution in [2.45, 2.75) is 58.1 Å². The number of nitrogens with zero attached hydrogens (tertiary/aromatic N) is 2. The average Bonchev–Trinajstić information content (AvgIpc) is 3.19. The summed E-state index contributed by atoms with van der Waals surface area (Å²) in [5.74, 6) is -1.04. The maximum Gasteiger partial charge on any atom is 0.410 e. The number of carboxylic acid groups (broad SMARTS) is 1. The maximum absolute atomic E-state index is 12.3. The van der Waals surface area contributed by atoms with E-state index in [1.807, 2.05) is 26.8 Å². The van der Waals surface area contributed by atoms with Crippen LogP contribution in [0, 0.1) is 5.41 Å². The first-order chi connectivity index (χ1) is 14.2. The maximum atomic E-state index is 12.3. The fraction of sp³-hybridized carbons (Fsp3) is 0.591. The van der Waals surface area contributed by atoms with E-state index >= 15 is 0 Å². The van der Waals surface area contributed by atoms with E-state index in [9.17, 15) is 14.7 Å². The second-order valence-electron chi connectivity index (χ2n) is 8.98. The van der Waals surface area contributed by atoms with Crippen molar-refractivity contribution in [3.8, 4) is 0 Å². The van der Waals surface area contributed by atoms with Gasteiger partial charge in [-0.15, -0.1) is 0 Å². The second kappa shape index (κ2) is 8.93. The lowest BCUT2D eigenvalue weighted by atomic mass is 10.0. The van der Waals surface area contributed by atoms with Crippen molar-refractivity contribution in [3.63, 3.8) is 0 Å². The molecule has 1 saturated heterocycles. The van der Waals surface area contributed by atoms with Crippen LogP contribution in [0.15, 0.2) is 12.1 Å². The van der Waals surface area contributed by atoms with Gasteiger partial charge in [-0.1, -0.05) is 12.8 Å². The van der Waals surface area contributed by atoms with Crippen molar-refractivity contribution in [2.24, 2.45) is 0 Å². The zero-order valence-electron chi connectivity index (χ0n) is 18.0. The second-order valence-corrected chi connectivity index (χ2v) is 8.98. The lowest BCUT2D eigenvalue weighted by Gasteiger charge is -2.37. The number of ether oxygens (including phenoxy) is 1. The molecule has 0 spiro atoms. The molecule has 164 valence electrons. The molecule has 0 unspecified atom stereocenters. The van der Waals surface area contributed by atoms with Crippen LogP contribution >= 0.6 is 0 Å². The van der Waals surface area contributed by atoms with Crippen molar-refractivity contribution in [1.82, 2.24) is 4.90 Å². The summed E-state index contributed by atoms with van der Waals surface area (Å²) in [6.07, 6.45) is 5.23. The Morgan fingerprint density at radius 3 is 2.33 bits per heavy atom. The number of carbonyl (C=O) groups is 2. The van der Waals surface area contributed by atoms with Gasteiger partial charge in [-0.3, -0.25) is 0 Å². The zero-order valence-corrected chi connectivity index (χ0v) is 18.0. The van der Waals surface area contributed by atoms with E-state index in [1.165, 1.54) is 0 Å². The number of nitrogens with one attached hydrogen (secondary N) is 2. The Balaban J connectivity index is 1.78. The van der Waals surface area contributed by atoms with Crippen molar-refractivity contribution in [1.29, 1.82) is 5.41 Å². The molecule has 8 heteroatoms. The number of aromatic carboxylic acids is 1. The third-order valence-electron chi connectivity index (χ3n) is 5.55. The quantitative estimate of drug-likeness (QED) is 0.631. The van der Waals surface area contributed by atoms with Gasteiger partial charge in [-0.25, -0.2) is 9.59 Å². The van der Waals surface area contributed by atoms with Crippen molar-refractivity contribution in [3.05, 3.63) is 23.3 Å². The number of hydrogen-bond donors (Lipinski definition) is 3. The minimum atomic E-state index is -1.04. The molecule has 8 nitrogen and oxygen atoms in total. The van der Waals surface area contributed by atoms with Crippen LogP contribution in [-0.2, 0) is 4.74 Å². The molecule has 0 radical (unpaired) electrons. The first kappa shape index (κ1) is 21.9. The van der Waals surface area contributed by atoms with Crippen LogP contribution in [-0.4, -0.2) is 66.1 Å². The third-order valence-corrected chi connectivity index (χ3v) is 5.55. The van der Waals surface area contributed by atoms with Gasteiger partial charge < -0.3 is 30.4 Å². The summed E-state index contributed by atoms with van der Waals surface area (Å²) in [5.41, 5.74) is 1.49. The van der Waals surface area contributed by atoms with E-state index in [2.05, 4.69) is 10.2 Å². The minimum Gasteiger partial charge on any atom is -0.478 e. The predicted octanol–water partition coefficient (Wildman–Crippen LogP) is 3.79. The van der Waals surface area contributed by atoms with Gasteiger partial charge in [0.25, 0.3) is 0 Å². The van der Waals surface area contributed by atoms with E-state index in [0.717, 1.165) is 37.6 Å². The van der Waals surface area contributed by atoms with Crippen molar-refractivity contribution >= 4 is 29.7 Å². The van der Waals surface area contributed by atoms with E-state index in [0.29, 0.717) is 43.5 Å². The Labute approximate surface area is 177 Å². The lowest BCUT2D eigenvalue weighted by molar-refractivity contribution is 0.0240. The van der Waals surface area contributed by atoms with Gasteiger partial charge in [0, 0.05) is 55.4 Å².